The minimum absolute atomic E-state index is 0.129. The average molecular weight is 160 g/mol. The summed E-state index contributed by atoms with van der Waals surface area (Å²) in [4.78, 5) is 0. The van der Waals surface area contributed by atoms with Gasteiger partial charge < -0.3 is 5.73 Å². The van der Waals surface area contributed by atoms with Gasteiger partial charge in [-0.2, -0.15) is 5.26 Å². The average Bonchev–Trinajstić information content (AvgIpc) is 1.88. The van der Waals surface area contributed by atoms with Gasteiger partial charge in [-0.25, -0.2) is 0 Å². The maximum absolute atomic E-state index is 10.8. The van der Waals surface area contributed by atoms with E-state index >= 15 is 0 Å². The minimum Gasteiger partial charge on any atom is -0.330 e. The Kier molecular flexibility index (Phi) is 5.17. The van der Waals surface area contributed by atoms with Gasteiger partial charge in [-0.05, 0) is 12.5 Å². The first-order valence-electron chi connectivity index (χ1n) is 3.12. The van der Waals surface area contributed by atoms with Crippen LogP contribution in [0.15, 0.2) is 0 Å². The van der Waals surface area contributed by atoms with E-state index in [1.807, 2.05) is 13.0 Å². The highest BCUT2D eigenvalue weighted by molar-refractivity contribution is 7.85. The van der Waals surface area contributed by atoms with E-state index < -0.39 is 10.8 Å². The summed E-state index contributed by atoms with van der Waals surface area (Å²) >= 11 is 0. The Hall–Kier alpha value is -0.400. The molecule has 0 radical (unpaired) electrons. The molecule has 0 saturated heterocycles. The van der Waals surface area contributed by atoms with Gasteiger partial charge >= 0.3 is 0 Å². The highest BCUT2D eigenvalue weighted by Gasteiger charge is 2.04. The summed E-state index contributed by atoms with van der Waals surface area (Å²) in [5.41, 5.74) is 5.30. The summed E-state index contributed by atoms with van der Waals surface area (Å²) in [5.74, 6) is 0.934. The molecule has 2 N–H and O–H groups in total. The van der Waals surface area contributed by atoms with E-state index in [1.165, 1.54) is 0 Å². The van der Waals surface area contributed by atoms with Crippen LogP contribution in [0, 0.1) is 17.2 Å². The monoisotopic (exact) mass is 160 g/mol. The molecule has 10 heavy (non-hydrogen) atoms. The zero-order valence-corrected chi connectivity index (χ0v) is 6.86. The number of hydrogen-bond acceptors (Lipinski definition) is 3. The normalized spacial score (nSPS) is 15.7. The molecular weight excluding hydrogens is 148 g/mol. The van der Waals surface area contributed by atoms with Crippen LogP contribution in [-0.4, -0.2) is 22.3 Å². The second-order valence-corrected chi connectivity index (χ2v) is 3.75. The second-order valence-electron chi connectivity index (χ2n) is 2.25. The van der Waals surface area contributed by atoms with Crippen LogP contribution in [0.5, 0.6) is 0 Å². The Morgan fingerprint density at radius 3 is 2.80 bits per heavy atom. The molecule has 0 aromatic carbocycles. The van der Waals surface area contributed by atoms with Crippen molar-refractivity contribution in [2.75, 3.05) is 18.1 Å². The third-order valence-corrected chi connectivity index (χ3v) is 2.49. The fourth-order valence-electron chi connectivity index (χ4n) is 0.516. The minimum atomic E-state index is -0.991. The SMILES string of the molecule is CC(CN)CS(=O)CC#N. The van der Waals surface area contributed by atoms with Crippen molar-refractivity contribution in [2.24, 2.45) is 11.7 Å². The quantitative estimate of drug-likeness (QED) is 0.622. The highest BCUT2D eigenvalue weighted by Crippen LogP contribution is 1.94. The lowest BCUT2D eigenvalue weighted by Gasteiger charge is -2.04. The molecule has 0 fully saturated rings. The molecule has 3 nitrogen and oxygen atoms in total. The molecule has 0 aliphatic carbocycles. The molecule has 0 bridgehead atoms. The summed E-state index contributed by atoms with van der Waals surface area (Å²) in [6, 6.07) is 1.86. The standard InChI is InChI=1S/C6H12N2OS/c1-6(4-8)5-10(9)3-2-7/h6H,3-5,8H2,1H3. The van der Waals surface area contributed by atoms with Crippen molar-refractivity contribution < 1.29 is 4.21 Å². The Bertz CT molecular complexity index is 152. The first-order chi connectivity index (χ1) is 4.70. The van der Waals surface area contributed by atoms with Crippen LogP contribution in [0.2, 0.25) is 0 Å². The van der Waals surface area contributed by atoms with E-state index in [0.717, 1.165) is 0 Å². The fourth-order valence-corrected chi connectivity index (χ4v) is 1.55. The zero-order chi connectivity index (χ0) is 7.98. The summed E-state index contributed by atoms with van der Waals surface area (Å²) in [5, 5.41) is 8.15. The molecule has 0 aromatic rings. The van der Waals surface area contributed by atoms with Gasteiger partial charge in [0.2, 0.25) is 0 Å². The van der Waals surface area contributed by atoms with E-state index in [2.05, 4.69) is 0 Å². The zero-order valence-electron chi connectivity index (χ0n) is 6.04. The molecule has 0 aliphatic rings. The van der Waals surface area contributed by atoms with Crippen molar-refractivity contribution in [2.45, 2.75) is 6.92 Å². The summed E-state index contributed by atoms with van der Waals surface area (Å²) in [6.07, 6.45) is 0. The number of rotatable bonds is 4. The van der Waals surface area contributed by atoms with Crippen molar-refractivity contribution in [3.05, 3.63) is 0 Å². The van der Waals surface area contributed by atoms with Gasteiger partial charge in [0.25, 0.3) is 0 Å². The third kappa shape index (κ3) is 4.48. The Balaban J connectivity index is 3.49. The van der Waals surface area contributed by atoms with Gasteiger partial charge in [0.15, 0.2) is 0 Å². The van der Waals surface area contributed by atoms with Crippen LogP contribution >= 0.6 is 0 Å². The number of nitrogens with two attached hydrogens (primary N) is 1. The molecule has 2 atom stereocenters. The topological polar surface area (TPSA) is 66.9 Å². The van der Waals surface area contributed by atoms with E-state index in [-0.39, 0.29) is 11.7 Å². The van der Waals surface area contributed by atoms with Gasteiger partial charge in [-0.3, -0.25) is 4.21 Å². The highest BCUT2D eigenvalue weighted by atomic mass is 32.2. The number of nitriles is 1. The number of hydrogen-bond donors (Lipinski definition) is 1. The molecule has 2 unspecified atom stereocenters. The van der Waals surface area contributed by atoms with Crippen LogP contribution in [0.4, 0.5) is 0 Å². The van der Waals surface area contributed by atoms with Gasteiger partial charge in [0.1, 0.15) is 5.75 Å². The van der Waals surface area contributed by atoms with Crippen LogP contribution in [0.25, 0.3) is 0 Å². The second kappa shape index (κ2) is 5.39. The van der Waals surface area contributed by atoms with Gasteiger partial charge in [-0.1, -0.05) is 6.92 Å². The smallest absolute Gasteiger partial charge is 0.111 e. The fraction of sp³-hybridized carbons (Fsp3) is 0.833. The van der Waals surface area contributed by atoms with E-state index in [4.69, 9.17) is 11.0 Å². The molecular formula is C6H12N2OS. The molecule has 0 aromatic heterocycles. The summed E-state index contributed by atoms with van der Waals surface area (Å²) in [6.45, 7) is 2.46. The van der Waals surface area contributed by atoms with Crippen molar-refractivity contribution in [3.8, 4) is 6.07 Å². The van der Waals surface area contributed by atoms with Crippen LogP contribution in [0.1, 0.15) is 6.92 Å². The van der Waals surface area contributed by atoms with Crippen LogP contribution < -0.4 is 5.73 Å². The lowest BCUT2D eigenvalue weighted by atomic mass is 10.2. The van der Waals surface area contributed by atoms with E-state index in [1.54, 1.807) is 0 Å². The molecule has 0 saturated carbocycles. The molecule has 0 amide bonds. The third-order valence-electron chi connectivity index (χ3n) is 1.10. The molecule has 0 rings (SSSR count). The van der Waals surface area contributed by atoms with E-state index in [9.17, 15) is 4.21 Å². The van der Waals surface area contributed by atoms with Gasteiger partial charge in [0, 0.05) is 16.6 Å². The molecule has 0 heterocycles. The Morgan fingerprint density at radius 1 is 1.80 bits per heavy atom. The van der Waals surface area contributed by atoms with Gasteiger partial charge in [-0.15, -0.1) is 0 Å². The predicted molar refractivity (Wildman–Crippen MR) is 41.7 cm³/mol. The lowest BCUT2D eigenvalue weighted by molar-refractivity contribution is 0.642. The van der Waals surface area contributed by atoms with Crippen molar-refractivity contribution in [1.82, 2.24) is 0 Å². The summed E-state index contributed by atoms with van der Waals surface area (Å²) in [7, 11) is -0.991. The maximum atomic E-state index is 10.8. The maximum Gasteiger partial charge on any atom is 0.111 e. The lowest BCUT2D eigenvalue weighted by Crippen LogP contribution is -2.18. The number of nitrogens with zero attached hydrogens (tertiary/aromatic N) is 1. The van der Waals surface area contributed by atoms with Crippen molar-refractivity contribution in [1.29, 1.82) is 5.26 Å². The van der Waals surface area contributed by atoms with Crippen LogP contribution in [0.3, 0.4) is 0 Å². The summed E-state index contributed by atoms with van der Waals surface area (Å²) < 4.78 is 10.8. The van der Waals surface area contributed by atoms with E-state index in [0.29, 0.717) is 12.3 Å². The Morgan fingerprint density at radius 2 is 2.40 bits per heavy atom. The van der Waals surface area contributed by atoms with Crippen molar-refractivity contribution in [3.63, 3.8) is 0 Å². The molecule has 58 valence electrons. The Labute approximate surface area is 63.7 Å². The first-order valence-corrected chi connectivity index (χ1v) is 4.61. The van der Waals surface area contributed by atoms with Crippen LogP contribution in [-0.2, 0) is 10.8 Å². The van der Waals surface area contributed by atoms with Gasteiger partial charge in [0.05, 0.1) is 6.07 Å². The van der Waals surface area contributed by atoms with Crippen molar-refractivity contribution >= 4 is 10.8 Å². The predicted octanol–water partition coefficient (Wildman–Crippen LogP) is -0.147. The molecule has 0 spiro atoms. The molecule has 0 aliphatic heterocycles. The molecule has 4 heteroatoms. The first kappa shape index (κ1) is 9.60. The largest absolute Gasteiger partial charge is 0.330 e.